The molecular weight excluding hydrogens is 312 g/mol. The molecule has 0 heterocycles. The molecule has 0 N–H and O–H groups in total. The lowest BCUT2D eigenvalue weighted by Gasteiger charge is -2.22. The third-order valence-corrected chi connectivity index (χ3v) is 6.34. The molecule has 26 heavy (non-hydrogen) atoms. The first-order chi connectivity index (χ1) is 12.6. The van der Waals surface area contributed by atoms with Gasteiger partial charge >= 0.3 is 0 Å². The molecule has 2 aliphatic carbocycles. The summed E-state index contributed by atoms with van der Waals surface area (Å²) < 4.78 is 0. The Balaban J connectivity index is 1.83. The highest BCUT2D eigenvalue weighted by Crippen LogP contribution is 2.52. The molecule has 0 nitrogen and oxygen atoms in total. The molecule has 2 aliphatic rings. The predicted molar refractivity (Wildman–Crippen MR) is 111 cm³/mol. The van der Waals surface area contributed by atoms with Gasteiger partial charge in [0, 0.05) is 11.8 Å². The van der Waals surface area contributed by atoms with Crippen molar-refractivity contribution in [1.82, 2.24) is 0 Å². The molecule has 0 spiro atoms. The highest BCUT2D eigenvalue weighted by Gasteiger charge is 2.34. The lowest BCUT2D eigenvalue weighted by molar-refractivity contribution is 0.935. The van der Waals surface area contributed by atoms with Gasteiger partial charge in [0.25, 0.3) is 0 Å². The summed E-state index contributed by atoms with van der Waals surface area (Å²) in [5, 5.41) is 0. The lowest BCUT2D eigenvalue weighted by atomic mass is 9.81. The van der Waals surface area contributed by atoms with Gasteiger partial charge in [-0.15, -0.1) is 0 Å². The SMILES string of the molecule is CC1=Cc2ccccc2[C@@H]1c1c(C)ccc2c1-c1cc(C)ccc1C2C. The number of fused-ring (bicyclic) bond motifs is 4. The van der Waals surface area contributed by atoms with E-state index in [2.05, 4.69) is 88.4 Å². The number of benzene rings is 3. The van der Waals surface area contributed by atoms with Crippen molar-refractivity contribution in [3.63, 3.8) is 0 Å². The molecule has 128 valence electrons. The van der Waals surface area contributed by atoms with Crippen LogP contribution in [0.2, 0.25) is 0 Å². The first-order valence-corrected chi connectivity index (χ1v) is 9.57. The van der Waals surface area contributed by atoms with Crippen molar-refractivity contribution >= 4 is 6.08 Å². The second-order valence-electron chi connectivity index (χ2n) is 8.02. The van der Waals surface area contributed by atoms with E-state index in [1.54, 1.807) is 0 Å². The third-order valence-electron chi connectivity index (χ3n) is 6.34. The van der Waals surface area contributed by atoms with Gasteiger partial charge in [0.2, 0.25) is 0 Å². The number of allylic oxidation sites excluding steroid dienone is 1. The predicted octanol–water partition coefficient (Wildman–Crippen LogP) is 6.98. The Morgan fingerprint density at radius 1 is 0.769 bits per heavy atom. The molecule has 0 amide bonds. The maximum absolute atomic E-state index is 2.39. The quantitative estimate of drug-likeness (QED) is 0.449. The van der Waals surface area contributed by atoms with Crippen molar-refractivity contribution in [3.05, 3.63) is 99.1 Å². The largest absolute Gasteiger partial charge is 0.0619 e. The normalized spacial score (nSPS) is 19.8. The minimum absolute atomic E-state index is 0.375. The van der Waals surface area contributed by atoms with Crippen LogP contribution in [-0.4, -0.2) is 0 Å². The van der Waals surface area contributed by atoms with Crippen LogP contribution >= 0.6 is 0 Å². The van der Waals surface area contributed by atoms with E-state index in [-0.39, 0.29) is 0 Å². The van der Waals surface area contributed by atoms with Crippen LogP contribution in [0.1, 0.15) is 64.6 Å². The van der Waals surface area contributed by atoms with Gasteiger partial charge in [-0.25, -0.2) is 0 Å². The summed E-state index contributed by atoms with van der Waals surface area (Å²) in [7, 11) is 0. The Bertz CT molecular complexity index is 1080. The topological polar surface area (TPSA) is 0 Å². The van der Waals surface area contributed by atoms with Gasteiger partial charge in [-0.2, -0.15) is 0 Å². The van der Waals surface area contributed by atoms with Crippen LogP contribution in [-0.2, 0) is 0 Å². The third kappa shape index (κ3) is 2.02. The van der Waals surface area contributed by atoms with E-state index in [1.165, 1.54) is 55.6 Å². The monoisotopic (exact) mass is 336 g/mol. The summed E-state index contributed by atoms with van der Waals surface area (Å²) >= 11 is 0. The molecule has 0 aromatic heterocycles. The number of aryl methyl sites for hydroxylation is 2. The maximum Gasteiger partial charge on any atom is 0.0314 e. The summed E-state index contributed by atoms with van der Waals surface area (Å²) in [6.07, 6.45) is 2.37. The van der Waals surface area contributed by atoms with E-state index in [4.69, 9.17) is 0 Å². The van der Waals surface area contributed by atoms with Gasteiger partial charge in [-0.05, 0) is 65.3 Å². The van der Waals surface area contributed by atoms with Crippen molar-refractivity contribution in [2.24, 2.45) is 0 Å². The van der Waals surface area contributed by atoms with E-state index >= 15 is 0 Å². The minimum atomic E-state index is 0.375. The zero-order valence-corrected chi connectivity index (χ0v) is 15.9. The summed E-state index contributed by atoms with van der Waals surface area (Å²) in [6.45, 7) is 9.13. The Morgan fingerprint density at radius 2 is 1.54 bits per heavy atom. The number of rotatable bonds is 1. The van der Waals surface area contributed by atoms with Crippen LogP contribution in [0.25, 0.3) is 17.2 Å². The van der Waals surface area contributed by atoms with Gasteiger partial charge in [-0.1, -0.05) is 78.7 Å². The zero-order valence-electron chi connectivity index (χ0n) is 15.9. The van der Waals surface area contributed by atoms with E-state index in [0.717, 1.165) is 0 Å². The van der Waals surface area contributed by atoms with Crippen LogP contribution < -0.4 is 0 Å². The summed E-state index contributed by atoms with van der Waals surface area (Å²) in [6, 6.07) is 20.5. The molecule has 0 saturated heterocycles. The molecule has 0 heteroatoms. The highest BCUT2D eigenvalue weighted by molar-refractivity contribution is 5.85. The van der Waals surface area contributed by atoms with E-state index in [9.17, 15) is 0 Å². The molecular formula is C26H24. The molecule has 3 aromatic rings. The molecule has 5 rings (SSSR count). The molecule has 2 atom stereocenters. The van der Waals surface area contributed by atoms with Crippen molar-refractivity contribution in [2.45, 2.75) is 39.5 Å². The van der Waals surface area contributed by atoms with Crippen LogP contribution in [0.5, 0.6) is 0 Å². The maximum atomic E-state index is 2.39. The van der Waals surface area contributed by atoms with E-state index < -0.39 is 0 Å². The molecule has 1 unspecified atom stereocenters. The highest BCUT2D eigenvalue weighted by atomic mass is 14.4. The standard InChI is InChI=1S/C26H24/c1-15-9-11-20-18(4)21-12-10-16(2)25(26(21)23(20)13-15)24-17(3)14-19-7-5-6-8-22(19)24/h5-14,18,24H,1-4H3/t18?,24-/m1/s1. The van der Waals surface area contributed by atoms with Crippen molar-refractivity contribution in [2.75, 3.05) is 0 Å². The van der Waals surface area contributed by atoms with E-state index in [0.29, 0.717) is 11.8 Å². The molecule has 3 aromatic carbocycles. The summed E-state index contributed by atoms with van der Waals surface area (Å²) in [5.41, 5.74) is 14.4. The molecule has 0 radical (unpaired) electrons. The van der Waals surface area contributed by atoms with Crippen molar-refractivity contribution < 1.29 is 0 Å². The average molecular weight is 336 g/mol. The Kier molecular flexibility index (Phi) is 3.28. The van der Waals surface area contributed by atoms with Gasteiger partial charge in [0.1, 0.15) is 0 Å². The Labute approximate surface area is 156 Å². The number of hydrogen-bond acceptors (Lipinski definition) is 0. The first-order valence-electron chi connectivity index (χ1n) is 9.57. The molecule has 0 aliphatic heterocycles. The van der Waals surface area contributed by atoms with Crippen LogP contribution in [0.3, 0.4) is 0 Å². The fraction of sp³-hybridized carbons (Fsp3) is 0.231. The van der Waals surface area contributed by atoms with Crippen LogP contribution in [0.4, 0.5) is 0 Å². The second kappa shape index (κ2) is 5.45. The van der Waals surface area contributed by atoms with Crippen molar-refractivity contribution in [1.29, 1.82) is 0 Å². The van der Waals surface area contributed by atoms with Crippen molar-refractivity contribution in [3.8, 4) is 11.1 Å². The summed E-state index contributed by atoms with van der Waals surface area (Å²) in [4.78, 5) is 0. The molecule has 0 fully saturated rings. The van der Waals surface area contributed by atoms with Gasteiger partial charge in [0.05, 0.1) is 0 Å². The van der Waals surface area contributed by atoms with Gasteiger partial charge in [-0.3, -0.25) is 0 Å². The fourth-order valence-electron chi connectivity index (χ4n) is 5.07. The first kappa shape index (κ1) is 15.6. The van der Waals surface area contributed by atoms with Crippen LogP contribution in [0, 0.1) is 13.8 Å². The Hall–Kier alpha value is -2.60. The zero-order chi connectivity index (χ0) is 18.0. The van der Waals surface area contributed by atoms with E-state index in [1.807, 2.05) is 0 Å². The Morgan fingerprint density at radius 3 is 2.38 bits per heavy atom. The fourth-order valence-corrected chi connectivity index (χ4v) is 5.07. The van der Waals surface area contributed by atoms with Crippen LogP contribution in [0.15, 0.2) is 60.2 Å². The summed E-state index contributed by atoms with van der Waals surface area (Å²) in [5.74, 6) is 0.848. The smallest absolute Gasteiger partial charge is 0.0314 e. The van der Waals surface area contributed by atoms with Gasteiger partial charge in [0.15, 0.2) is 0 Å². The second-order valence-corrected chi connectivity index (χ2v) is 8.02. The van der Waals surface area contributed by atoms with Gasteiger partial charge < -0.3 is 0 Å². The molecule has 0 bridgehead atoms. The lowest BCUT2D eigenvalue weighted by Crippen LogP contribution is -2.05. The molecule has 0 saturated carbocycles. The average Bonchev–Trinajstić information content (AvgIpc) is 3.10. The minimum Gasteiger partial charge on any atom is -0.0619 e. The number of hydrogen-bond donors (Lipinski definition) is 0.